The van der Waals surface area contributed by atoms with Crippen LogP contribution in [0.3, 0.4) is 0 Å². The Bertz CT molecular complexity index is 479. The second-order valence-electron chi connectivity index (χ2n) is 5.77. The van der Waals surface area contributed by atoms with Crippen LogP contribution in [0.2, 0.25) is 5.02 Å². The summed E-state index contributed by atoms with van der Waals surface area (Å²) in [5, 5.41) is 8.34. The number of hydrogen-bond acceptors (Lipinski definition) is 3. The summed E-state index contributed by atoms with van der Waals surface area (Å²) in [6, 6.07) is 5.63. The van der Waals surface area contributed by atoms with Gasteiger partial charge in [0.25, 0.3) is 0 Å². The standard InChI is InChI=1S/C15H23ClN4/c1-19(2)10-11-5-7-20(8-6-11)14-4-3-12(16)9-13(14)15(17)18/h3-4,9,11H,5-8,10H2,1-2H3,(H3,17,18). The SMILES string of the molecule is CN(C)CC1CCN(c2ccc(Cl)cc2C(=N)N)CC1. The molecule has 1 heterocycles. The van der Waals surface area contributed by atoms with Crippen LogP contribution in [0.4, 0.5) is 5.69 Å². The van der Waals surface area contributed by atoms with E-state index in [2.05, 4.69) is 23.9 Å². The average Bonchev–Trinajstić information content (AvgIpc) is 2.39. The van der Waals surface area contributed by atoms with Crippen LogP contribution in [0, 0.1) is 11.3 Å². The molecule has 20 heavy (non-hydrogen) atoms. The third-order valence-electron chi connectivity index (χ3n) is 3.83. The molecule has 0 amide bonds. The Morgan fingerprint density at radius 1 is 1.40 bits per heavy atom. The molecule has 1 aromatic carbocycles. The molecule has 1 aliphatic heterocycles. The Kier molecular flexibility index (Phi) is 4.89. The van der Waals surface area contributed by atoms with Crippen LogP contribution in [0.1, 0.15) is 18.4 Å². The van der Waals surface area contributed by atoms with Crippen molar-refractivity contribution in [3.05, 3.63) is 28.8 Å². The topological polar surface area (TPSA) is 56.4 Å². The van der Waals surface area contributed by atoms with E-state index >= 15 is 0 Å². The van der Waals surface area contributed by atoms with E-state index < -0.39 is 0 Å². The third-order valence-corrected chi connectivity index (χ3v) is 4.06. The number of nitrogens with zero attached hydrogens (tertiary/aromatic N) is 2. The second-order valence-corrected chi connectivity index (χ2v) is 6.20. The normalized spacial score (nSPS) is 16.7. The number of nitrogen functional groups attached to an aromatic ring is 1. The first-order chi connectivity index (χ1) is 9.47. The van der Waals surface area contributed by atoms with Gasteiger partial charge >= 0.3 is 0 Å². The molecule has 2 rings (SSSR count). The minimum absolute atomic E-state index is 0.0814. The lowest BCUT2D eigenvalue weighted by Crippen LogP contribution is -2.38. The molecule has 4 nitrogen and oxygen atoms in total. The van der Waals surface area contributed by atoms with E-state index in [0.717, 1.165) is 36.8 Å². The van der Waals surface area contributed by atoms with Gasteiger partial charge in [0.2, 0.25) is 0 Å². The van der Waals surface area contributed by atoms with Gasteiger partial charge in [-0.3, -0.25) is 5.41 Å². The molecule has 1 aromatic rings. The van der Waals surface area contributed by atoms with Crippen molar-refractivity contribution in [3.63, 3.8) is 0 Å². The molecule has 0 spiro atoms. The average molecular weight is 295 g/mol. The van der Waals surface area contributed by atoms with E-state index in [1.807, 2.05) is 12.1 Å². The van der Waals surface area contributed by atoms with E-state index in [0.29, 0.717) is 5.02 Å². The number of benzene rings is 1. The highest BCUT2D eigenvalue weighted by Gasteiger charge is 2.22. The Labute approximate surface area is 126 Å². The molecule has 3 N–H and O–H groups in total. The second kappa shape index (κ2) is 6.46. The number of rotatable bonds is 4. The summed E-state index contributed by atoms with van der Waals surface area (Å²) in [5.41, 5.74) is 7.45. The van der Waals surface area contributed by atoms with Crippen LogP contribution in [-0.2, 0) is 0 Å². The monoisotopic (exact) mass is 294 g/mol. The van der Waals surface area contributed by atoms with Gasteiger partial charge in [-0.25, -0.2) is 0 Å². The van der Waals surface area contributed by atoms with Crippen LogP contribution in [0.5, 0.6) is 0 Å². The van der Waals surface area contributed by atoms with E-state index in [9.17, 15) is 0 Å². The van der Waals surface area contributed by atoms with Gasteiger partial charge in [-0.1, -0.05) is 11.6 Å². The van der Waals surface area contributed by atoms with Crippen molar-refractivity contribution < 1.29 is 0 Å². The molecule has 1 saturated heterocycles. The van der Waals surface area contributed by atoms with Crippen molar-refractivity contribution in [2.75, 3.05) is 38.6 Å². The van der Waals surface area contributed by atoms with Crippen molar-refractivity contribution in [2.24, 2.45) is 11.7 Å². The highest BCUT2D eigenvalue weighted by Crippen LogP contribution is 2.28. The summed E-state index contributed by atoms with van der Waals surface area (Å²) in [4.78, 5) is 4.57. The van der Waals surface area contributed by atoms with Crippen molar-refractivity contribution in [1.82, 2.24) is 4.90 Å². The minimum Gasteiger partial charge on any atom is -0.384 e. The van der Waals surface area contributed by atoms with E-state index in [1.165, 1.54) is 12.8 Å². The molecule has 5 heteroatoms. The van der Waals surface area contributed by atoms with E-state index in [4.69, 9.17) is 22.7 Å². The summed E-state index contributed by atoms with van der Waals surface area (Å²) < 4.78 is 0. The lowest BCUT2D eigenvalue weighted by molar-refractivity contribution is 0.285. The largest absolute Gasteiger partial charge is 0.384 e. The predicted octanol–water partition coefficient (Wildman–Crippen LogP) is 2.40. The van der Waals surface area contributed by atoms with Crippen LogP contribution in [0.25, 0.3) is 0 Å². The number of amidine groups is 1. The van der Waals surface area contributed by atoms with Crippen LogP contribution < -0.4 is 10.6 Å². The van der Waals surface area contributed by atoms with Crippen molar-refractivity contribution >= 4 is 23.1 Å². The van der Waals surface area contributed by atoms with Crippen LogP contribution in [0.15, 0.2) is 18.2 Å². The molecule has 0 bridgehead atoms. The molecule has 0 unspecified atom stereocenters. The Morgan fingerprint density at radius 3 is 2.60 bits per heavy atom. The predicted molar refractivity (Wildman–Crippen MR) is 86.0 cm³/mol. The summed E-state index contributed by atoms with van der Waals surface area (Å²) in [6.07, 6.45) is 2.36. The van der Waals surface area contributed by atoms with Crippen LogP contribution in [-0.4, -0.2) is 44.5 Å². The van der Waals surface area contributed by atoms with Gasteiger partial charge < -0.3 is 15.5 Å². The van der Waals surface area contributed by atoms with Gasteiger partial charge in [0.05, 0.1) is 0 Å². The highest BCUT2D eigenvalue weighted by atomic mass is 35.5. The zero-order chi connectivity index (χ0) is 14.7. The van der Waals surface area contributed by atoms with Crippen LogP contribution >= 0.6 is 11.6 Å². The molecule has 0 saturated carbocycles. The number of nitrogens with two attached hydrogens (primary N) is 1. The van der Waals surface area contributed by atoms with E-state index in [-0.39, 0.29) is 5.84 Å². The lowest BCUT2D eigenvalue weighted by Gasteiger charge is -2.35. The zero-order valence-corrected chi connectivity index (χ0v) is 13.0. The minimum atomic E-state index is 0.0814. The summed E-state index contributed by atoms with van der Waals surface area (Å²) >= 11 is 6.00. The molecule has 0 aliphatic carbocycles. The molecule has 110 valence electrons. The molecular formula is C15H23ClN4. The molecular weight excluding hydrogens is 272 g/mol. The third kappa shape index (κ3) is 3.64. The highest BCUT2D eigenvalue weighted by molar-refractivity contribution is 6.31. The molecule has 0 aromatic heterocycles. The maximum Gasteiger partial charge on any atom is 0.124 e. The Balaban J connectivity index is 2.09. The number of halogens is 1. The maximum absolute atomic E-state index is 7.71. The maximum atomic E-state index is 7.71. The molecule has 1 aliphatic rings. The fraction of sp³-hybridized carbons (Fsp3) is 0.533. The summed E-state index contributed by atoms with van der Waals surface area (Å²) in [5.74, 6) is 0.840. The summed E-state index contributed by atoms with van der Waals surface area (Å²) in [6.45, 7) is 3.18. The summed E-state index contributed by atoms with van der Waals surface area (Å²) in [7, 11) is 4.25. The Morgan fingerprint density at radius 2 is 2.05 bits per heavy atom. The number of anilines is 1. The van der Waals surface area contributed by atoms with Crippen molar-refractivity contribution in [2.45, 2.75) is 12.8 Å². The van der Waals surface area contributed by atoms with Gasteiger partial charge in [-0.2, -0.15) is 0 Å². The zero-order valence-electron chi connectivity index (χ0n) is 12.2. The quantitative estimate of drug-likeness (QED) is 0.662. The fourth-order valence-corrected chi connectivity index (χ4v) is 3.04. The first-order valence-electron chi connectivity index (χ1n) is 7.01. The van der Waals surface area contributed by atoms with E-state index in [1.54, 1.807) is 6.07 Å². The number of nitrogens with one attached hydrogen (secondary N) is 1. The number of piperidine rings is 1. The van der Waals surface area contributed by atoms with Crippen molar-refractivity contribution in [3.8, 4) is 0 Å². The Hall–Kier alpha value is -1.26. The molecule has 0 radical (unpaired) electrons. The number of hydrogen-bond donors (Lipinski definition) is 2. The van der Waals surface area contributed by atoms with Gasteiger partial charge in [-0.15, -0.1) is 0 Å². The van der Waals surface area contributed by atoms with Gasteiger partial charge in [0.15, 0.2) is 0 Å². The van der Waals surface area contributed by atoms with Gasteiger partial charge in [-0.05, 0) is 51.1 Å². The lowest BCUT2D eigenvalue weighted by atomic mass is 9.95. The smallest absolute Gasteiger partial charge is 0.124 e. The first kappa shape index (κ1) is 15.1. The fourth-order valence-electron chi connectivity index (χ4n) is 2.87. The van der Waals surface area contributed by atoms with Gasteiger partial charge in [0, 0.05) is 35.9 Å². The van der Waals surface area contributed by atoms with Gasteiger partial charge in [0.1, 0.15) is 5.84 Å². The molecule has 1 fully saturated rings. The van der Waals surface area contributed by atoms with Crippen molar-refractivity contribution in [1.29, 1.82) is 5.41 Å². The molecule has 0 atom stereocenters. The first-order valence-corrected chi connectivity index (χ1v) is 7.39.